The predicted molar refractivity (Wildman–Crippen MR) is 130 cm³/mol. The standard InChI is InChI=1S/C24H33ClN6O/c1-16(32)31-11-3-4-17(15-31)13-27-23-6-2-5-22(30-23)20-12-24(28-14-21(20)25)29-19-9-7-18(26)8-10-19/h2,5-6,12,14,17-19H,3-4,7-11,13,15,26H2,1H3,(H,27,30)(H,28,29)/t17-,18?,19?/m0/s1. The number of hydrogen-bond acceptors (Lipinski definition) is 6. The minimum Gasteiger partial charge on any atom is -0.370 e. The third-order valence-corrected chi connectivity index (χ3v) is 6.84. The maximum absolute atomic E-state index is 11.7. The number of aromatic nitrogens is 2. The first kappa shape index (κ1) is 22.8. The zero-order chi connectivity index (χ0) is 22.5. The molecule has 2 aromatic heterocycles. The summed E-state index contributed by atoms with van der Waals surface area (Å²) in [6.45, 7) is 4.11. The largest absolute Gasteiger partial charge is 0.370 e. The number of nitrogens with zero attached hydrogens (tertiary/aromatic N) is 3. The summed E-state index contributed by atoms with van der Waals surface area (Å²) in [5, 5.41) is 7.57. The van der Waals surface area contributed by atoms with Gasteiger partial charge in [-0.2, -0.15) is 0 Å². The molecule has 2 aromatic rings. The van der Waals surface area contributed by atoms with Gasteiger partial charge in [0.25, 0.3) is 0 Å². The molecule has 0 bridgehead atoms. The van der Waals surface area contributed by atoms with E-state index in [0.717, 1.165) is 81.1 Å². The number of carbonyl (C=O) groups excluding carboxylic acids is 1. The number of pyridine rings is 2. The van der Waals surface area contributed by atoms with E-state index in [1.165, 1.54) is 0 Å². The molecule has 0 unspecified atom stereocenters. The predicted octanol–water partition coefficient (Wildman–Crippen LogP) is 4.15. The molecule has 32 heavy (non-hydrogen) atoms. The molecule has 1 aliphatic carbocycles. The number of nitrogens with two attached hydrogens (primary N) is 1. The number of nitrogens with one attached hydrogen (secondary N) is 2. The van der Waals surface area contributed by atoms with Crippen LogP contribution in [0.1, 0.15) is 45.4 Å². The number of hydrogen-bond donors (Lipinski definition) is 3. The van der Waals surface area contributed by atoms with E-state index >= 15 is 0 Å². The van der Waals surface area contributed by atoms with Crippen molar-refractivity contribution in [3.8, 4) is 11.3 Å². The Balaban J connectivity index is 1.41. The van der Waals surface area contributed by atoms with E-state index in [4.69, 9.17) is 22.3 Å². The molecule has 0 aromatic carbocycles. The number of carbonyl (C=O) groups is 1. The fourth-order valence-corrected chi connectivity index (χ4v) is 4.84. The second-order valence-corrected chi connectivity index (χ2v) is 9.47. The van der Waals surface area contributed by atoms with Gasteiger partial charge in [0.05, 0.1) is 10.7 Å². The van der Waals surface area contributed by atoms with E-state index in [1.54, 1.807) is 13.1 Å². The molecular weight excluding hydrogens is 424 g/mol. The van der Waals surface area contributed by atoms with Gasteiger partial charge in [-0.15, -0.1) is 0 Å². The number of halogens is 1. The van der Waals surface area contributed by atoms with Crippen molar-refractivity contribution >= 4 is 29.1 Å². The smallest absolute Gasteiger partial charge is 0.219 e. The summed E-state index contributed by atoms with van der Waals surface area (Å²) < 4.78 is 0. The van der Waals surface area contributed by atoms with Crippen LogP contribution in [0.4, 0.5) is 11.6 Å². The highest BCUT2D eigenvalue weighted by atomic mass is 35.5. The van der Waals surface area contributed by atoms with Gasteiger partial charge in [-0.1, -0.05) is 17.7 Å². The zero-order valence-electron chi connectivity index (χ0n) is 18.7. The number of anilines is 2. The van der Waals surface area contributed by atoms with E-state index in [-0.39, 0.29) is 5.91 Å². The minimum atomic E-state index is 0.155. The average Bonchev–Trinajstić information content (AvgIpc) is 2.81. The van der Waals surface area contributed by atoms with E-state index in [1.807, 2.05) is 29.2 Å². The van der Waals surface area contributed by atoms with Crippen molar-refractivity contribution in [2.45, 2.75) is 57.5 Å². The van der Waals surface area contributed by atoms with Crippen LogP contribution in [0.5, 0.6) is 0 Å². The molecule has 1 saturated carbocycles. The summed E-state index contributed by atoms with van der Waals surface area (Å²) in [6.07, 6.45) is 8.05. The molecule has 1 aliphatic heterocycles. The van der Waals surface area contributed by atoms with Crippen LogP contribution in [0.2, 0.25) is 5.02 Å². The highest BCUT2D eigenvalue weighted by molar-refractivity contribution is 6.33. The summed E-state index contributed by atoms with van der Waals surface area (Å²) in [6, 6.07) is 8.61. The third-order valence-electron chi connectivity index (χ3n) is 6.54. The van der Waals surface area contributed by atoms with Gasteiger partial charge < -0.3 is 21.3 Å². The fourth-order valence-electron chi connectivity index (χ4n) is 4.64. The summed E-state index contributed by atoms with van der Waals surface area (Å²) in [5.41, 5.74) is 7.70. The maximum atomic E-state index is 11.7. The molecule has 2 fully saturated rings. The third kappa shape index (κ3) is 5.90. The van der Waals surface area contributed by atoms with Crippen LogP contribution in [0, 0.1) is 5.92 Å². The summed E-state index contributed by atoms with van der Waals surface area (Å²) in [7, 11) is 0. The summed E-state index contributed by atoms with van der Waals surface area (Å²) in [4.78, 5) is 22.9. The first-order chi connectivity index (χ1) is 15.5. The number of rotatable bonds is 6. The Labute approximate surface area is 195 Å². The van der Waals surface area contributed by atoms with Gasteiger partial charge in [0.2, 0.25) is 5.91 Å². The molecule has 1 atom stereocenters. The Hall–Kier alpha value is -2.38. The van der Waals surface area contributed by atoms with Crippen molar-refractivity contribution < 1.29 is 4.79 Å². The Morgan fingerprint density at radius 1 is 1.22 bits per heavy atom. The molecule has 4 N–H and O–H groups in total. The zero-order valence-corrected chi connectivity index (χ0v) is 19.4. The van der Waals surface area contributed by atoms with Crippen molar-refractivity contribution in [2.24, 2.45) is 11.7 Å². The Morgan fingerprint density at radius 2 is 2.03 bits per heavy atom. The van der Waals surface area contributed by atoms with Crippen LogP contribution in [0.3, 0.4) is 0 Å². The Morgan fingerprint density at radius 3 is 2.81 bits per heavy atom. The number of amides is 1. The Kier molecular flexibility index (Phi) is 7.48. The summed E-state index contributed by atoms with van der Waals surface area (Å²) in [5.74, 6) is 2.22. The lowest BCUT2D eigenvalue weighted by Crippen LogP contribution is -2.40. The molecule has 0 spiro atoms. The molecule has 8 heteroatoms. The van der Waals surface area contributed by atoms with E-state index in [2.05, 4.69) is 15.6 Å². The second-order valence-electron chi connectivity index (χ2n) is 9.07. The van der Waals surface area contributed by atoms with Gasteiger partial charge in [0.1, 0.15) is 11.6 Å². The molecular formula is C24H33ClN6O. The van der Waals surface area contributed by atoms with Crippen LogP contribution in [-0.2, 0) is 4.79 Å². The quantitative estimate of drug-likeness (QED) is 0.604. The van der Waals surface area contributed by atoms with Gasteiger partial charge in [0.15, 0.2) is 0 Å². The second kappa shape index (κ2) is 10.5. The highest BCUT2D eigenvalue weighted by Gasteiger charge is 2.22. The van der Waals surface area contributed by atoms with Crippen LogP contribution in [0.15, 0.2) is 30.5 Å². The molecule has 0 radical (unpaired) electrons. The highest BCUT2D eigenvalue weighted by Crippen LogP contribution is 2.30. The lowest BCUT2D eigenvalue weighted by atomic mass is 9.92. The first-order valence-corrected chi connectivity index (χ1v) is 12.0. The molecule has 2 aliphatic rings. The number of piperidine rings is 1. The molecule has 7 nitrogen and oxygen atoms in total. The van der Waals surface area contributed by atoms with Gasteiger partial charge in [-0.25, -0.2) is 9.97 Å². The monoisotopic (exact) mass is 456 g/mol. The number of likely N-dealkylation sites (tertiary alicyclic amines) is 1. The molecule has 3 heterocycles. The van der Waals surface area contributed by atoms with Crippen molar-refractivity contribution in [2.75, 3.05) is 30.3 Å². The maximum Gasteiger partial charge on any atom is 0.219 e. The normalized spacial score (nSPS) is 23.6. The van der Waals surface area contributed by atoms with Gasteiger partial charge in [-0.05, 0) is 62.6 Å². The van der Waals surface area contributed by atoms with Crippen molar-refractivity contribution in [3.63, 3.8) is 0 Å². The lowest BCUT2D eigenvalue weighted by molar-refractivity contribution is -0.130. The van der Waals surface area contributed by atoms with Crippen molar-refractivity contribution in [1.29, 1.82) is 0 Å². The minimum absolute atomic E-state index is 0.155. The average molecular weight is 457 g/mol. The topological polar surface area (TPSA) is 96.2 Å². The van der Waals surface area contributed by atoms with Crippen LogP contribution in [-0.4, -0.2) is 52.5 Å². The molecule has 1 saturated heterocycles. The van der Waals surface area contributed by atoms with Crippen LogP contribution < -0.4 is 16.4 Å². The van der Waals surface area contributed by atoms with E-state index in [0.29, 0.717) is 23.0 Å². The Bertz CT molecular complexity index is 930. The molecule has 4 rings (SSSR count). The van der Waals surface area contributed by atoms with Gasteiger partial charge in [-0.3, -0.25) is 4.79 Å². The van der Waals surface area contributed by atoms with Crippen molar-refractivity contribution in [1.82, 2.24) is 14.9 Å². The van der Waals surface area contributed by atoms with Gasteiger partial charge in [0, 0.05) is 50.4 Å². The lowest BCUT2D eigenvalue weighted by Gasteiger charge is -2.32. The molecule has 172 valence electrons. The summed E-state index contributed by atoms with van der Waals surface area (Å²) >= 11 is 6.48. The van der Waals surface area contributed by atoms with E-state index < -0.39 is 0 Å². The first-order valence-electron chi connectivity index (χ1n) is 11.6. The molecule has 1 amide bonds. The van der Waals surface area contributed by atoms with Gasteiger partial charge >= 0.3 is 0 Å². The fraction of sp³-hybridized carbons (Fsp3) is 0.542. The van der Waals surface area contributed by atoms with Crippen molar-refractivity contribution in [3.05, 3.63) is 35.5 Å². The van der Waals surface area contributed by atoms with Crippen LogP contribution >= 0.6 is 11.6 Å². The van der Waals surface area contributed by atoms with E-state index in [9.17, 15) is 4.79 Å². The SMILES string of the molecule is CC(=O)N1CCC[C@@H](CNc2cccc(-c3cc(NC4CCC(N)CC4)ncc3Cl)n2)C1. The van der Waals surface area contributed by atoms with Crippen LogP contribution in [0.25, 0.3) is 11.3 Å².